The second kappa shape index (κ2) is 9.13. The van der Waals surface area contributed by atoms with Crippen molar-refractivity contribution in [2.24, 2.45) is 0 Å². The fourth-order valence-electron chi connectivity index (χ4n) is 3.17. The van der Waals surface area contributed by atoms with E-state index in [0.717, 1.165) is 9.99 Å². The fraction of sp³-hybridized carbons (Fsp3) is 0.0870. The molecular weight excluding hydrogens is 442 g/mol. The maximum absolute atomic E-state index is 13.1. The summed E-state index contributed by atoms with van der Waals surface area (Å²) in [4.78, 5) is 12.8. The van der Waals surface area contributed by atoms with E-state index in [9.17, 15) is 13.2 Å². The average Bonchev–Trinajstić information content (AvgIpc) is 3.39. The minimum absolute atomic E-state index is 0.00621. The van der Waals surface area contributed by atoms with Gasteiger partial charge in [0.05, 0.1) is 23.4 Å². The highest BCUT2D eigenvalue weighted by molar-refractivity contribution is 7.92. The molecule has 0 unspecified atom stereocenters. The Morgan fingerprint density at radius 1 is 0.970 bits per heavy atom. The van der Waals surface area contributed by atoms with E-state index in [1.165, 1.54) is 32.4 Å². The molecule has 0 spiro atoms. The van der Waals surface area contributed by atoms with Crippen molar-refractivity contribution in [2.75, 3.05) is 23.8 Å². The van der Waals surface area contributed by atoms with Gasteiger partial charge in [-0.1, -0.05) is 12.1 Å². The van der Waals surface area contributed by atoms with Crippen LogP contribution >= 0.6 is 0 Å². The second-order valence-electron chi connectivity index (χ2n) is 7.07. The zero-order valence-electron chi connectivity index (χ0n) is 17.9. The minimum atomic E-state index is -3.88. The van der Waals surface area contributed by atoms with Gasteiger partial charge in [0.15, 0.2) is 0 Å². The number of hydrogen-bond acceptors (Lipinski definition) is 6. The van der Waals surface area contributed by atoms with Gasteiger partial charge < -0.3 is 10.1 Å². The molecular formula is C23H21N5O4S. The lowest BCUT2D eigenvalue weighted by Crippen LogP contribution is -2.26. The Hall–Kier alpha value is -4.18. The number of hydrogen-bond donors (Lipinski definition) is 1. The van der Waals surface area contributed by atoms with Crippen molar-refractivity contribution in [1.82, 2.24) is 14.8 Å². The van der Waals surface area contributed by atoms with E-state index in [0.29, 0.717) is 17.1 Å². The van der Waals surface area contributed by atoms with Gasteiger partial charge in [-0.25, -0.2) is 8.42 Å². The molecule has 0 fully saturated rings. The average molecular weight is 464 g/mol. The highest BCUT2D eigenvalue weighted by atomic mass is 32.2. The molecule has 0 atom stereocenters. The summed E-state index contributed by atoms with van der Waals surface area (Å²) >= 11 is 0. The molecule has 0 aliphatic rings. The summed E-state index contributed by atoms with van der Waals surface area (Å²) < 4.78 is 34.3. The summed E-state index contributed by atoms with van der Waals surface area (Å²) in [7, 11) is -0.884. The highest BCUT2D eigenvalue weighted by Gasteiger charge is 2.22. The van der Waals surface area contributed by atoms with Crippen molar-refractivity contribution in [2.45, 2.75) is 4.90 Å². The number of aromatic nitrogens is 3. The Labute approximate surface area is 191 Å². The molecule has 1 N–H and O–H groups in total. The first-order valence-electron chi connectivity index (χ1n) is 9.88. The molecule has 1 heterocycles. The van der Waals surface area contributed by atoms with Gasteiger partial charge in [-0.15, -0.1) is 10.2 Å². The molecule has 0 radical (unpaired) electrons. The molecule has 0 aliphatic heterocycles. The van der Waals surface area contributed by atoms with E-state index < -0.39 is 15.9 Å². The smallest absolute Gasteiger partial charge is 0.264 e. The first-order valence-corrected chi connectivity index (χ1v) is 11.3. The molecule has 1 aromatic heterocycles. The van der Waals surface area contributed by atoms with Crippen molar-refractivity contribution >= 4 is 27.3 Å². The van der Waals surface area contributed by atoms with Gasteiger partial charge in [-0.05, 0) is 60.7 Å². The topological polar surface area (TPSA) is 106 Å². The summed E-state index contributed by atoms with van der Waals surface area (Å²) in [5, 5.41) is 10.3. The second-order valence-corrected chi connectivity index (χ2v) is 9.04. The van der Waals surface area contributed by atoms with Gasteiger partial charge >= 0.3 is 0 Å². The van der Waals surface area contributed by atoms with Gasteiger partial charge in [-0.2, -0.15) is 0 Å². The Bertz CT molecular complexity index is 1370. The van der Waals surface area contributed by atoms with Crippen molar-refractivity contribution in [1.29, 1.82) is 0 Å². The number of ether oxygens (including phenoxy) is 1. The molecule has 3 aromatic carbocycles. The van der Waals surface area contributed by atoms with E-state index >= 15 is 0 Å². The van der Waals surface area contributed by atoms with Gasteiger partial charge in [0.2, 0.25) is 0 Å². The minimum Gasteiger partial charge on any atom is -0.497 e. The number of nitrogens with one attached hydrogen (secondary N) is 1. The van der Waals surface area contributed by atoms with Crippen LogP contribution < -0.4 is 14.4 Å². The number of carbonyl (C=O) groups is 1. The van der Waals surface area contributed by atoms with Crippen molar-refractivity contribution in [3.8, 4) is 11.4 Å². The number of methoxy groups -OCH3 is 1. The lowest BCUT2D eigenvalue weighted by atomic mass is 10.2. The molecule has 0 saturated carbocycles. The lowest BCUT2D eigenvalue weighted by molar-refractivity contribution is 0.102. The number of carbonyl (C=O) groups excluding carboxylic acids is 1. The SMILES string of the molecule is COc1ccc(N(C)S(=O)(=O)c2cccc(C(=O)Nc3cccc(-n4cnnc4)c3)c2)cc1. The highest BCUT2D eigenvalue weighted by Crippen LogP contribution is 2.25. The predicted molar refractivity (Wildman–Crippen MR) is 124 cm³/mol. The van der Waals surface area contributed by atoms with Crippen LogP contribution in [0.4, 0.5) is 11.4 Å². The third-order valence-corrected chi connectivity index (χ3v) is 6.79. The Morgan fingerprint density at radius 3 is 2.36 bits per heavy atom. The van der Waals surface area contributed by atoms with Gasteiger partial charge in [0, 0.05) is 18.3 Å². The van der Waals surface area contributed by atoms with Crippen molar-refractivity contribution in [3.63, 3.8) is 0 Å². The molecule has 4 rings (SSSR count). The Kier molecular flexibility index (Phi) is 6.09. The number of rotatable bonds is 7. The standard InChI is InChI=1S/C23H21N5O4S/c1-27(19-9-11-21(32-2)12-10-19)33(30,31)22-8-3-5-17(13-22)23(29)26-18-6-4-7-20(14-18)28-15-24-25-16-28/h3-16H,1-2H3,(H,26,29). The first kappa shape index (κ1) is 22.0. The van der Waals surface area contributed by atoms with Crippen LogP contribution in [0.3, 0.4) is 0 Å². The summed E-state index contributed by atoms with van der Waals surface area (Å²) in [6.45, 7) is 0. The number of sulfonamides is 1. The molecule has 33 heavy (non-hydrogen) atoms. The van der Waals surface area contributed by atoms with E-state index in [1.807, 2.05) is 6.07 Å². The molecule has 10 heteroatoms. The van der Waals surface area contributed by atoms with E-state index in [2.05, 4.69) is 15.5 Å². The quantitative estimate of drug-likeness (QED) is 0.451. The van der Waals surface area contributed by atoms with Crippen molar-refractivity contribution < 1.29 is 17.9 Å². The monoisotopic (exact) mass is 463 g/mol. The molecule has 168 valence electrons. The molecule has 9 nitrogen and oxygen atoms in total. The van der Waals surface area contributed by atoms with Crippen LogP contribution in [0.1, 0.15) is 10.4 Å². The molecule has 0 aliphatic carbocycles. The number of anilines is 2. The largest absolute Gasteiger partial charge is 0.497 e. The Balaban J connectivity index is 1.55. The third kappa shape index (κ3) is 4.70. The maximum Gasteiger partial charge on any atom is 0.264 e. The number of nitrogens with zero attached hydrogens (tertiary/aromatic N) is 4. The van der Waals surface area contributed by atoms with Crippen LogP contribution in [-0.2, 0) is 10.0 Å². The normalized spacial score (nSPS) is 11.1. The summed E-state index contributed by atoms with van der Waals surface area (Å²) in [6, 6.07) is 19.7. The van der Waals surface area contributed by atoms with Crippen LogP contribution in [0.15, 0.2) is 90.3 Å². The zero-order valence-corrected chi connectivity index (χ0v) is 18.7. The predicted octanol–water partition coefficient (Wildman–Crippen LogP) is 3.35. The van der Waals surface area contributed by atoms with Crippen LogP contribution in [-0.4, -0.2) is 43.2 Å². The first-order chi connectivity index (χ1) is 15.9. The number of benzene rings is 3. The van der Waals surface area contributed by atoms with Crippen LogP contribution in [0.25, 0.3) is 5.69 Å². The van der Waals surface area contributed by atoms with Crippen LogP contribution in [0.2, 0.25) is 0 Å². The molecule has 4 aromatic rings. The maximum atomic E-state index is 13.1. The van der Waals surface area contributed by atoms with Crippen LogP contribution in [0, 0.1) is 0 Å². The van der Waals surface area contributed by atoms with Gasteiger partial charge in [-0.3, -0.25) is 13.7 Å². The van der Waals surface area contributed by atoms with Gasteiger partial charge in [0.25, 0.3) is 15.9 Å². The zero-order chi connectivity index (χ0) is 23.4. The number of amides is 1. The van der Waals surface area contributed by atoms with E-state index in [-0.39, 0.29) is 10.5 Å². The fourth-order valence-corrected chi connectivity index (χ4v) is 4.41. The molecule has 0 bridgehead atoms. The van der Waals surface area contributed by atoms with Crippen LogP contribution in [0.5, 0.6) is 5.75 Å². The van der Waals surface area contributed by atoms with E-state index in [4.69, 9.17) is 4.74 Å². The lowest BCUT2D eigenvalue weighted by Gasteiger charge is -2.20. The van der Waals surface area contributed by atoms with Crippen molar-refractivity contribution in [3.05, 3.63) is 91.0 Å². The summed E-state index contributed by atoms with van der Waals surface area (Å²) in [5.74, 6) is 0.191. The van der Waals surface area contributed by atoms with E-state index in [1.54, 1.807) is 65.8 Å². The third-order valence-electron chi connectivity index (χ3n) is 5.01. The summed E-state index contributed by atoms with van der Waals surface area (Å²) in [6.07, 6.45) is 3.10. The Morgan fingerprint density at radius 2 is 1.67 bits per heavy atom. The summed E-state index contributed by atoms with van der Waals surface area (Å²) in [5.41, 5.74) is 2.01. The molecule has 1 amide bonds. The van der Waals surface area contributed by atoms with Gasteiger partial charge in [0.1, 0.15) is 18.4 Å². The molecule has 0 saturated heterocycles.